The largest absolute Gasteiger partial charge is 0.356 e. The van der Waals surface area contributed by atoms with Gasteiger partial charge in [-0.05, 0) is 18.9 Å². The lowest BCUT2D eigenvalue weighted by atomic mass is 9.93. The van der Waals surface area contributed by atoms with Crippen LogP contribution in [-0.2, 0) is 0 Å². The molecule has 3 aromatic heterocycles. The van der Waals surface area contributed by atoms with Gasteiger partial charge in [0.2, 0.25) is 0 Å². The van der Waals surface area contributed by atoms with Crippen LogP contribution in [0, 0.1) is 0 Å². The van der Waals surface area contributed by atoms with E-state index >= 15 is 0 Å². The minimum atomic E-state index is 0.537. The molecule has 1 saturated heterocycles. The normalized spacial score (nSPS) is 15.6. The predicted octanol–water partition coefficient (Wildman–Crippen LogP) is 2.90. The van der Waals surface area contributed by atoms with Gasteiger partial charge in [-0.25, -0.2) is 4.98 Å². The molecule has 1 aromatic carbocycles. The molecule has 4 heterocycles. The molecule has 26 heavy (non-hydrogen) atoms. The van der Waals surface area contributed by atoms with E-state index in [-0.39, 0.29) is 0 Å². The summed E-state index contributed by atoms with van der Waals surface area (Å²) in [6, 6.07) is 14.4. The number of anilines is 1. The number of benzene rings is 1. The van der Waals surface area contributed by atoms with E-state index in [1.165, 1.54) is 5.69 Å². The molecule has 0 amide bonds. The molecule has 0 spiro atoms. The van der Waals surface area contributed by atoms with Gasteiger partial charge >= 0.3 is 0 Å². The van der Waals surface area contributed by atoms with Crippen molar-refractivity contribution >= 4 is 11.6 Å². The number of H-pyrrole nitrogens is 1. The first-order valence-electron chi connectivity index (χ1n) is 8.89. The topological polar surface area (TPSA) is 75.0 Å². The Morgan fingerprint density at radius 1 is 1.04 bits per heavy atom. The highest BCUT2D eigenvalue weighted by Crippen LogP contribution is 2.30. The van der Waals surface area contributed by atoms with E-state index in [0.29, 0.717) is 11.7 Å². The van der Waals surface area contributed by atoms with Crippen LogP contribution < -0.4 is 4.90 Å². The summed E-state index contributed by atoms with van der Waals surface area (Å²) in [6.07, 6.45) is 5.57. The number of hydrogen-bond acceptors (Lipinski definition) is 5. The van der Waals surface area contributed by atoms with Gasteiger partial charge in [-0.15, -0.1) is 0 Å². The van der Waals surface area contributed by atoms with Crippen LogP contribution in [0.4, 0.5) is 5.82 Å². The lowest BCUT2D eigenvalue weighted by molar-refractivity contribution is 0.490. The molecule has 0 unspecified atom stereocenters. The predicted molar refractivity (Wildman–Crippen MR) is 99.0 cm³/mol. The summed E-state index contributed by atoms with van der Waals surface area (Å²) in [5.41, 5.74) is 3.25. The number of rotatable bonds is 3. The van der Waals surface area contributed by atoms with Crippen LogP contribution in [0.1, 0.15) is 24.5 Å². The minimum Gasteiger partial charge on any atom is -0.356 e. The average Bonchev–Trinajstić information content (AvgIpc) is 3.40. The van der Waals surface area contributed by atoms with Crippen molar-refractivity contribution in [3.05, 3.63) is 60.7 Å². The van der Waals surface area contributed by atoms with Gasteiger partial charge < -0.3 is 4.90 Å². The van der Waals surface area contributed by atoms with Gasteiger partial charge in [-0.2, -0.15) is 19.7 Å². The van der Waals surface area contributed by atoms with Crippen LogP contribution >= 0.6 is 0 Å². The highest BCUT2D eigenvalue weighted by atomic mass is 15.4. The van der Waals surface area contributed by atoms with Crippen molar-refractivity contribution in [1.82, 2.24) is 29.8 Å². The Morgan fingerprint density at radius 3 is 2.65 bits per heavy atom. The summed E-state index contributed by atoms with van der Waals surface area (Å²) >= 11 is 0. The first-order chi connectivity index (χ1) is 12.9. The van der Waals surface area contributed by atoms with Crippen molar-refractivity contribution in [2.24, 2.45) is 0 Å². The quantitative estimate of drug-likeness (QED) is 0.618. The molecule has 1 aliphatic heterocycles. The smallest absolute Gasteiger partial charge is 0.254 e. The Kier molecular flexibility index (Phi) is 3.62. The molecule has 5 rings (SSSR count). The average molecular weight is 345 g/mol. The molecule has 4 aromatic rings. The third kappa shape index (κ3) is 2.61. The number of fused-ring (bicyclic) bond motifs is 1. The lowest BCUT2D eigenvalue weighted by Gasteiger charge is -2.33. The molecule has 0 bridgehead atoms. The van der Waals surface area contributed by atoms with Crippen LogP contribution in [-0.4, -0.2) is 42.9 Å². The summed E-state index contributed by atoms with van der Waals surface area (Å²) in [5.74, 6) is 2.22. The summed E-state index contributed by atoms with van der Waals surface area (Å²) < 4.78 is 1.84. The van der Waals surface area contributed by atoms with E-state index in [0.717, 1.165) is 43.0 Å². The number of piperidine rings is 1. The fourth-order valence-electron chi connectivity index (χ4n) is 3.69. The summed E-state index contributed by atoms with van der Waals surface area (Å²) in [7, 11) is 0. The Labute approximate surface area is 150 Å². The highest BCUT2D eigenvalue weighted by molar-refractivity contribution is 5.65. The first-order valence-corrected chi connectivity index (χ1v) is 8.89. The van der Waals surface area contributed by atoms with Crippen LogP contribution in [0.15, 0.2) is 55.0 Å². The molecule has 0 atom stereocenters. The van der Waals surface area contributed by atoms with Crippen LogP contribution in [0.2, 0.25) is 0 Å². The Hall–Kier alpha value is -3.22. The maximum Gasteiger partial charge on any atom is 0.254 e. The molecule has 0 saturated carbocycles. The summed E-state index contributed by atoms with van der Waals surface area (Å²) in [5, 5.41) is 11.6. The second kappa shape index (κ2) is 6.25. The second-order valence-corrected chi connectivity index (χ2v) is 6.61. The summed E-state index contributed by atoms with van der Waals surface area (Å²) in [4.78, 5) is 11.4. The van der Waals surface area contributed by atoms with Crippen molar-refractivity contribution in [2.75, 3.05) is 18.0 Å². The molecule has 1 aliphatic rings. The number of hydrogen-bond donors (Lipinski definition) is 1. The van der Waals surface area contributed by atoms with E-state index in [9.17, 15) is 0 Å². The Morgan fingerprint density at radius 2 is 1.88 bits per heavy atom. The van der Waals surface area contributed by atoms with Gasteiger partial charge in [-0.1, -0.05) is 30.3 Å². The molecule has 1 fully saturated rings. The van der Waals surface area contributed by atoms with E-state index in [1.807, 2.05) is 28.9 Å². The van der Waals surface area contributed by atoms with Crippen molar-refractivity contribution in [3.63, 3.8) is 0 Å². The molecule has 7 nitrogen and oxygen atoms in total. The van der Waals surface area contributed by atoms with Crippen molar-refractivity contribution in [1.29, 1.82) is 0 Å². The molecule has 0 aliphatic carbocycles. The zero-order chi connectivity index (χ0) is 17.3. The highest BCUT2D eigenvalue weighted by Gasteiger charge is 2.24. The van der Waals surface area contributed by atoms with Crippen LogP contribution in [0.25, 0.3) is 17.0 Å². The van der Waals surface area contributed by atoms with Gasteiger partial charge in [0, 0.05) is 42.5 Å². The fourth-order valence-corrected chi connectivity index (χ4v) is 3.69. The van der Waals surface area contributed by atoms with Gasteiger partial charge in [0.25, 0.3) is 5.78 Å². The van der Waals surface area contributed by atoms with Gasteiger partial charge in [0.05, 0.1) is 5.69 Å². The minimum absolute atomic E-state index is 0.537. The van der Waals surface area contributed by atoms with E-state index in [4.69, 9.17) is 0 Å². The molecular weight excluding hydrogens is 326 g/mol. The Balaban J connectivity index is 1.48. The van der Waals surface area contributed by atoms with Crippen molar-refractivity contribution in [2.45, 2.75) is 18.8 Å². The van der Waals surface area contributed by atoms with E-state index in [1.54, 1.807) is 6.33 Å². The molecule has 7 heteroatoms. The molecule has 130 valence electrons. The monoisotopic (exact) mass is 345 g/mol. The number of aromatic amines is 1. The standard InChI is InChI=1S/C19H19N7/c1-2-4-14(5-3-1)17-12-18(26-19(23-17)20-13-22-26)25-10-7-15(8-11-25)16-6-9-21-24-16/h1-6,9,12-13,15H,7-8,10-11H2,(H,21,24). The van der Waals surface area contributed by atoms with Gasteiger partial charge in [0.1, 0.15) is 12.1 Å². The van der Waals surface area contributed by atoms with Crippen LogP contribution in [0.5, 0.6) is 0 Å². The number of aromatic nitrogens is 6. The van der Waals surface area contributed by atoms with Gasteiger partial charge in [0.15, 0.2) is 0 Å². The van der Waals surface area contributed by atoms with Crippen LogP contribution in [0.3, 0.4) is 0 Å². The SMILES string of the molecule is c1ccc(-c2cc(N3CCC(c4ccn[nH]4)CC3)n3ncnc3n2)cc1. The zero-order valence-electron chi connectivity index (χ0n) is 14.3. The maximum absolute atomic E-state index is 4.67. The van der Waals surface area contributed by atoms with Crippen molar-refractivity contribution in [3.8, 4) is 11.3 Å². The van der Waals surface area contributed by atoms with Crippen molar-refractivity contribution < 1.29 is 0 Å². The molecule has 1 N–H and O–H groups in total. The van der Waals surface area contributed by atoms with E-state index in [2.05, 4.69) is 54.4 Å². The number of nitrogens with zero attached hydrogens (tertiary/aromatic N) is 6. The van der Waals surface area contributed by atoms with E-state index < -0.39 is 0 Å². The maximum atomic E-state index is 4.67. The Bertz CT molecular complexity index is 999. The summed E-state index contributed by atoms with van der Waals surface area (Å²) in [6.45, 7) is 1.94. The third-order valence-corrected chi connectivity index (χ3v) is 5.08. The van der Waals surface area contributed by atoms with Gasteiger partial charge in [-0.3, -0.25) is 5.10 Å². The molecule has 0 radical (unpaired) electrons. The fraction of sp³-hybridized carbons (Fsp3) is 0.263. The molecular formula is C19H19N7. The zero-order valence-corrected chi connectivity index (χ0v) is 14.3. The third-order valence-electron chi connectivity index (χ3n) is 5.08. The lowest BCUT2D eigenvalue weighted by Crippen LogP contribution is -2.34. The second-order valence-electron chi connectivity index (χ2n) is 6.61. The first kappa shape index (κ1) is 15.1. The number of nitrogens with one attached hydrogen (secondary N) is 1.